The maximum absolute atomic E-state index is 11.5. The first-order chi connectivity index (χ1) is 7.90. The van der Waals surface area contributed by atoms with Gasteiger partial charge in [0.05, 0.1) is 6.61 Å². The molecule has 0 spiro atoms. The number of aryl methyl sites for hydroxylation is 2. The lowest BCUT2D eigenvalue weighted by Crippen LogP contribution is -2.17. The Balaban J connectivity index is 3.22. The fraction of sp³-hybridized carbons (Fsp3) is 0.462. The Morgan fingerprint density at radius 1 is 1.35 bits per heavy atom. The molecule has 94 valence electrons. The van der Waals surface area contributed by atoms with Crippen LogP contribution in [0.3, 0.4) is 0 Å². The highest BCUT2D eigenvalue weighted by Gasteiger charge is 2.25. The molecule has 0 bridgehead atoms. The first kappa shape index (κ1) is 13.5. The third-order valence-corrected chi connectivity index (χ3v) is 2.84. The van der Waals surface area contributed by atoms with E-state index < -0.39 is 12.1 Å². The second-order valence-corrected chi connectivity index (χ2v) is 4.05. The minimum atomic E-state index is -1.44. The average molecular weight is 238 g/mol. The zero-order valence-electron chi connectivity index (χ0n) is 10.6. The fourth-order valence-electron chi connectivity index (χ4n) is 1.77. The summed E-state index contributed by atoms with van der Waals surface area (Å²) in [6.45, 7) is 7.20. The smallest absolute Gasteiger partial charge is 0.339 e. The number of hydrogen-bond donors (Lipinski definition) is 2. The van der Waals surface area contributed by atoms with Gasteiger partial charge in [-0.2, -0.15) is 0 Å². The number of esters is 1. The molecule has 0 aromatic heterocycles. The summed E-state index contributed by atoms with van der Waals surface area (Å²) in [6.07, 6.45) is -1.44. The topological polar surface area (TPSA) is 66.8 Å². The van der Waals surface area contributed by atoms with E-state index in [0.29, 0.717) is 11.1 Å². The highest BCUT2D eigenvalue weighted by molar-refractivity contribution is 5.78. The molecule has 0 saturated heterocycles. The van der Waals surface area contributed by atoms with E-state index in [4.69, 9.17) is 4.74 Å². The fourth-order valence-corrected chi connectivity index (χ4v) is 1.77. The molecule has 0 aliphatic carbocycles. The van der Waals surface area contributed by atoms with Gasteiger partial charge < -0.3 is 14.9 Å². The van der Waals surface area contributed by atoms with Crippen molar-refractivity contribution in [2.45, 2.75) is 33.8 Å². The first-order valence-corrected chi connectivity index (χ1v) is 5.54. The van der Waals surface area contributed by atoms with Crippen LogP contribution >= 0.6 is 0 Å². The van der Waals surface area contributed by atoms with Crippen molar-refractivity contribution in [1.82, 2.24) is 0 Å². The van der Waals surface area contributed by atoms with Gasteiger partial charge in [-0.15, -0.1) is 0 Å². The summed E-state index contributed by atoms with van der Waals surface area (Å²) < 4.78 is 4.74. The molecule has 1 aromatic rings. The third-order valence-electron chi connectivity index (χ3n) is 2.84. The molecule has 1 aromatic carbocycles. The van der Waals surface area contributed by atoms with Crippen LogP contribution in [0.25, 0.3) is 0 Å². The van der Waals surface area contributed by atoms with E-state index in [-0.39, 0.29) is 17.9 Å². The van der Waals surface area contributed by atoms with Crippen molar-refractivity contribution >= 4 is 5.97 Å². The summed E-state index contributed by atoms with van der Waals surface area (Å²) in [5.74, 6) is -0.780. The number of carbonyl (C=O) groups is 1. The lowest BCUT2D eigenvalue weighted by atomic mass is 9.95. The van der Waals surface area contributed by atoms with E-state index in [2.05, 4.69) is 0 Å². The monoisotopic (exact) mass is 238 g/mol. The van der Waals surface area contributed by atoms with E-state index >= 15 is 0 Å². The zero-order valence-corrected chi connectivity index (χ0v) is 10.6. The van der Waals surface area contributed by atoms with Crippen LogP contribution in [-0.4, -0.2) is 22.8 Å². The molecule has 0 fully saturated rings. The lowest BCUT2D eigenvalue weighted by molar-refractivity contribution is -0.153. The summed E-state index contributed by atoms with van der Waals surface area (Å²) in [6, 6.07) is 1.83. The van der Waals surface area contributed by atoms with E-state index in [1.54, 1.807) is 20.8 Å². The SMILES string of the molecule is CCOC(=O)C(O)c1c(C)cc(C)c(C)c1O. The summed E-state index contributed by atoms with van der Waals surface area (Å²) >= 11 is 0. The minimum absolute atomic E-state index is 0.0388. The van der Waals surface area contributed by atoms with Crippen LogP contribution in [0.2, 0.25) is 0 Å². The molecule has 0 radical (unpaired) electrons. The van der Waals surface area contributed by atoms with Crippen LogP contribution in [0.5, 0.6) is 5.75 Å². The molecule has 2 N–H and O–H groups in total. The number of aromatic hydroxyl groups is 1. The van der Waals surface area contributed by atoms with Crippen LogP contribution in [0.15, 0.2) is 6.07 Å². The number of aliphatic hydroxyl groups is 1. The Hall–Kier alpha value is -1.55. The standard InChI is InChI=1S/C13H18O4/c1-5-17-13(16)12(15)10-8(3)6-7(2)9(4)11(10)14/h6,12,14-15H,5H2,1-4H3. The van der Waals surface area contributed by atoms with Crippen molar-refractivity contribution < 1.29 is 19.7 Å². The minimum Gasteiger partial charge on any atom is -0.507 e. The van der Waals surface area contributed by atoms with Crippen molar-refractivity contribution in [1.29, 1.82) is 0 Å². The normalized spacial score (nSPS) is 12.3. The van der Waals surface area contributed by atoms with Gasteiger partial charge in [0.2, 0.25) is 0 Å². The molecule has 0 aliphatic heterocycles. The molecule has 1 unspecified atom stereocenters. The summed E-state index contributed by atoms with van der Waals surface area (Å²) in [4.78, 5) is 11.5. The highest BCUT2D eigenvalue weighted by atomic mass is 16.5. The molecular weight excluding hydrogens is 220 g/mol. The van der Waals surface area contributed by atoms with E-state index in [0.717, 1.165) is 5.56 Å². The molecule has 4 nitrogen and oxygen atoms in total. The van der Waals surface area contributed by atoms with Gasteiger partial charge >= 0.3 is 5.97 Å². The Bertz CT molecular complexity index is 438. The molecule has 0 amide bonds. The molecule has 1 rings (SSSR count). The van der Waals surface area contributed by atoms with Crippen molar-refractivity contribution in [2.24, 2.45) is 0 Å². The van der Waals surface area contributed by atoms with Crippen molar-refractivity contribution in [3.05, 3.63) is 28.3 Å². The Kier molecular flexibility index (Phi) is 4.12. The summed E-state index contributed by atoms with van der Waals surface area (Å²) in [7, 11) is 0. The molecule has 17 heavy (non-hydrogen) atoms. The van der Waals surface area contributed by atoms with Gasteiger partial charge in [0.15, 0.2) is 6.10 Å². The maximum Gasteiger partial charge on any atom is 0.339 e. The molecule has 0 heterocycles. The lowest BCUT2D eigenvalue weighted by Gasteiger charge is -2.17. The van der Waals surface area contributed by atoms with Gasteiger partial charge in [0, 0.05) is 5.56 Å². The second kappa shape index (κ2) is 5.19. The van der Waals surface area contributed by atoms with Gasteiger partial charge in [-0.1, -0.05) is 6.07 Å². The van der Waals surface area contributed by atoms with E-state index in [1.165, 1.54) is 0 Å². The largest absolute Gasteiger partial charge is 0.507 e. The van der Waals surface area contributed by atoms with Gasteiger partial charge in [-0.25, -0.2) is 4.79 Å². The van der Waals surface area contributed by atoms with Crippen LogP contribution in [-0.2, 0) is 9.53 Å². The third kappa shape index (κ3) is 2.58. The van der Waals surface area contributed by atoms with E-state index in [9.17, 15) is 15.0 Å². The summed E-state index contributed by atoms with van der Waals surface area (Å²) in [5, 5.41) is 19.8. The van der Waals surface area contributed by atoms with Crippen LogP contribution in [0, 0.1) is 20.8 Å². The van der Waals surface area contributed by atoms with Gasteiger partial charge in [-0.05, 0) is 44.4 Å². The number of carbonyl (C=O) groups excluding carboxylic acids is 1. The van der Waals surface area contributed by atoms with E-state index in [1.807, 2.05) is 13.0 Å². The number of rotatable bonds is 3. The molecule has 0 saturated carbocycles. The number of benzene rings is 1. The Morgan fingerprint density at radius 2 is 1.94 bits per heavy atom. The van der Waals surface area contributed by atoms with Gasteiger partial charge in [-0.3, -0.25) is 0 Å². The molecule has 4 heteroatoms. The zero-order chi connectivity index (χ0) is 13.2. The predicted octanol–water partition coefficient (Wildman–Crippen LogP) is 1.91. The van der Waals surface area contributed by atoms with Crippen molar-refractivity contribution in [3.8, 4) is 5.75 Å². The first-order valence-electron chi connectivity index (χ1n) is 5.54. The molecule has 1 atom stereocenters. The van der Waals surface area contributed by atoms with Crippen molar-refractivity contribution in [3.63, 3.8) is 0 Å². The van der Waals surface area contributed by atoms with Crippen LogP contribution in [0.1, 0.15) is 35.3 Å². The quantitative estimate of drug-likeness (QED) is 0.789. The average Bonchev–Trinajstić information content (AvgIpc) is 2.26. The number of ether oxygens (including phenoxy) is 1. The number of phenolic OH excluding ortho intramolecular Hbond substituents is 1. The van der Waals surface area contributed by atoms with Crippen LogP contribution < -0.4 is 0 Å². The predicted molar refractivity (Wildman–Crippen MR) is 63.9 cm³/mol. The second-order valence-electron chi connectivity index (χ2n) is 4.05. The molecular formula is C13H18O4. The summed E-state index contributed by atoms with van der Waals surface area (Å²) in [5.41, 5.74) is 2.48. The van der Waals surface area contributed by atoms with Gasteiger partial charge in [0.25, 0.3) is 0 Å². The molecule has 0 aliphatic rings. The maximum atomic E-state index is 11.5. The highest BCUT2D eigenvalue weighted by Crippen LogP contribution is 2.33. The number of hydrogen-bond acceptors (Lipinski definition) is 4. The Labute approximate surface area is 101 Å². The van der Waals surface area contributed by atoms with Gasteiger partial charge in [0.1, 0.15) is 5.75 Å². The van der Waals surface area contributed by atoms with Crippen LogP contribution in [0.4, 0.5) is 0 Å². The number of aliphatic hydroxyl groups excluding tert-OH is 1. The Morgan fingerprint density at radius 3 is 2.47 bits per heavy atom. The number of phenols is 1. The van der Waals surface area contributed by atoms with Crippen molar-refractivity contribution in [2.75, 3.05) is 6.61 Å².